The summed E-state index contributed by atoms with van der Waals surface area (Å²) >= 11 is 0. The van der Waals surface area contributed by atoms with Crippen molar-refractivity contribution < 1.29 is 9.53 Å². The van der Waals surface area contributed by atoms with Gasteiger partial charge in [-0.05, 0) is 12.8 Å². The van der Waals surface area contributed by atoms with Gasteiger partial charge in [-0.25, -0.2) is 15.8 Å². The van der Waals surface area contributed by atoms with Crippen LogP contribution < -0.4 is 21.5 Å². The highest BCUT2D eigenvalue weighted by Gasteiger charge is 2.26. The van der Waals surface area contributed by atoms with Gasteiger partial charge in [0.25, 0.3) is 0 Å². The molecule has 4 N–H and O–H groups in total. The minimum absolute atomic E-state index is 0.0149. The summed E-state index contributed by atoms with van der Waals surface area (Å²) in [5.41, 5.74) is 2.54. The predicted octanol–water partition coefficient (Wildman–Crippen LogP) is -0.129. The highest BCUT2D eigenvalue weighted by atomic mass is 16.5. The van der Waals surface area contributed by atoms with Crippen molar-refractivity contribution >= 4 is 17.5 Å². The molecule has 1 fully saturated rings. The maximum absolute atomic E-state index is 11.8. The van der Waals surface area contributed by atoms with E-state index in [0.29, 0.717) is 24.8 Å². The molecule has 1 aromatic heterocycles. The summed E-state index contributed by atoms with van der Waals surface area (Å²) in [5.74, 6) is 7.36. The average Bonchev–Trinajstić information content (AvgIpc) is 2.54. The van der Waals surface area contributed by atoms with Crippen LogP contribution in [-0.4, -0.2) is 43.1 Å². The Morgan fingerprint density at radius 3 is 3.05 bits per heavy atom. The van der Waals surface area contributed by atoms with Gasteiger partial charge in [0.2, 0.25) is 5.91 Å². The van der Waals surface area contributed by atoms with E-state index in [4.69, 9.17) is 10.6 Å². The second kappa shape index (κ2) is 7.19. The van der Waals surface area contributed by atoms with Gasteiger partial charge >= 0.3 is 0 Å². The molecule has 8 nitrogen and oxygen atoms in total. The number of carbonyl (C=O) groups is 1. The Balaban J connectivity index is 2.19. The molecule has 1 amide bonds. The topological polar surface area (TPSA) is 105 Å². The number of piperidine rings is 1. The summed E-state index contributed by atoms with van der Waals surface area (Å²) in [6.07, 6.45) is 1.85. The van der Waals surface area contributed by atoms with Gasteiger partial charge in [-0.3, -0.25) is 4.79 Å². The first-order valence-electron chi connectivity index (χ1n) is 6.98. The summed E-state index contributed by atoms with van der Waals surface area (Å²) in [6, 6.07) is 1.78. The molecular formula is C13H22N6O2. The SMILES string of the molecule is CNC(=O)C1CCCN(c2cc(NN)nc(COC)n2)C1. The second-order valence-corrected chi connectivity index (χ2v) is 5.00. The van der Waals surface area contributed by atoms with E-state index < -0.39 is 0 Å². The standard InChI is InChI=1S/C13H22N6O2/c1-15-13(20)9-4-3-5-19(7-9)12-6-10(18-14)16-11(17-12)8-21-2/h6,9H,3-5,7-8,14H2,1-2H3,(H,15,20)(H,16,17,18). The van der Waals surface area contributed by atoms with Crippen LogP contribution in [0.5, 0.6) is 0 Å². The van der Waals surface area contributed by atoms with Crippen LogP contribution >= 0.6 is 0 Å². The molecule has 2 rings (SSSR count). The number of hydrazine groups is 1. The molecule has 1 aromatic rings. The molecule has 1 unspecified atom stereocenters. The highest BCUT2D eigenvalue weighted by molar-refractivity contribution is 5.79. The lowest BCUT2D eigenvalue weighted by Crippen LogP contribution is -2.42. The van der Waals surface area contributed by atoms with E-state index in [9.17, 15) is 4.79 Å². The van der Waals surface area contributed by atoms with Crippen LogP contribution in [0.2, 0.25) is 0 Å². The largest absolute Gasteiger partial charge is 0.377 e. The molecule has 1 atom stereocenters. The molecule has 1 aliphatic rings. The average molecular weight is 294 g/mol. The van der Waals surface area contributed by atoms with E-state index in [-0.39, 0.29) is 11.8 Å². The van der Waals surface area contributed by atoms with Crippen molar-refractivity contribution in [1.29, 1.82) is 0 Å². The fourth-order valence-electron chi connectivity index (χ4n) is 2.52. The zero-order valence-electron chi connectivity index (χ0n) is 12.4. The van der Waals surface area contributed by atoms with Crippen LogP contribution in [0.4, 0.5) is 11.6 Å². The monoisotopic (exact) mass is 294 g/mol. The minimum Gasteiger partial charge on any atom is -0.377 e. The summed E-state index contributed by atoms with van der Waals surface area (Å²) in [6.45, 7) is 1.82. The number of nitrogens with zero attached hydrogens (tertiary/aromatic N) is 3. The summed E-state index contributed by atoms with van der Waals surface area (Å²) in [4.78, 5) is 22.6. The summed E-state index contributed by atoms with van der Waals surface area (Å²) in [5, 5.41) is 2.71. The Hall–Kier alpha value is -1.93. The van der Waals surface area contributed by atoms with Crippen molar-refractivity contribution in [1.82, 2.24) is 15.3 Å². The second-order valence-electron chi connectivity index (χ2n) is 5.00. The molecule has 1 aliphatic heterocycles. The van der Waals surface area contributed by atoms with Gasteiger partial charge in [-0.2, -0.15) is 0 Å². The first kappa shape index (κ1) is 15.5. The molecule has 0 saturated carbocycles. The Labute approximate surface area is 124 Å². The highest BCUT2D eigenvalue weighted by Crippen LogP contribution is 2.23. The van der Waals surface area contributed by atoms with E-state index in [1.165, 1.54) is 0 Å². The number of methoxy groups -OCH3 is 1. The molecule has 2 heterocycles. The van der Waals surface area contributed by atoms with Crippen LogP contribution in [-0.2, 0) is 16.1 Å². The van der Waals surface area contributed by atoms with Gasteiger partial charge in [0.1, 0.15) is 18.2 Å². The number of nitrogens with one attached hydrogen (secondary N) is 2. The number of amides is 1. The smallest absolute Gasteiger partial charge is 0.224 e. The number of nitrogens with two attached hydrogens (primary N) is 1. The van der Waals surface area contributed by atoms with Gasteiger partial charge in [-0.15, -0.1) is 0 Å². The third kappa shape index (κ3) is 3.79. The van der Waals surface area contributed by atoms with E-state index >= 15 is 0 Å². The van der Waals surface area contributed by atoms with Crippen LogP contribution in [0.25, 0.3) is 0 Å². The van der Waals surface area contributed by atoms with Crippen molar-refractivity contribution in [2.45, 2.75) is 19.4 Å². The quantitative estimate of drug-likeness (QED) is 0.513. The number of hydrogen-bond acceptors (Lipinski definition) is 7. The molecular weight excluding hydrogens is 272 g/mol. The summed E-state index contributed by atoms with van der Waals surface area (Å²) in [7, 11) is 3.26. The normalized spacial score (nSPS) is 18.4. The first-order chi connectivity index (χ1) is 10.2. The summed E-state index contributed by atoms with van der Waals surface area (Å²) < 4.78 is 5.07. The number of aromatic nitrogens is 2. The van der Waals surface area contributed by atoms with E-state index in [1.807, 2.05) is 0 Å². The van der Waals surface area contributed by atoms with E-state index in [2.05, 4.69) is 25.6 Å². The molecule has 0 aromatic carbocycles. The van der Waals surface area contributed by atoms with Crippen molar-refractivity contribution in [3.05, 3.63) is 11.9 Å². The lowest BCUT2D eigenvalue weighted by atomic mass is 9.97. The van der Waals surface area contributed by atoms with Crippen molar-refractivity contribution in [2.24, 2.45) is 11.8 Å². The fourth-order valence-corrected chi connectivity index (χ4v) is 2.52. The number of ether oxygens (including phenoxy) is 1. The third-order valence-corrected chi connectivity index (χ3v) is 3.54. The third-order valence-electron chi connectivity index (χ3n) is 3.54. The maximum Gasteiger partial charge on any atom is 0.224 e. The minimum atomic E-state index is -0.0149. The number of carbonyl (C=O) groups excluding carboxylic acids is 1. The lowest BCUT2D eigenvalue weighted by molar-refractivity contribution is -0.124. The van der Waals surface area contributed by atoms with Gasteiger partial charge in [0, 0.05) is 33.3 Å². The predicted molar refractivity (Wildman–Crippen MR) is 79.6 cm³/mol. The Morgan fingerprint density at radius 2 is 2.38 bits per heavy atom. The van der Waals surface area contributed by atoms with E-state index in [0.717, 1.165) is 25.2 Å². The van der Waals surface area contributed by atoms with Crippen LogP contribution in [0.3, 0.4) is 0 Å². The number of hydrogen-bond donors (Lipinski definition) is 3. The Morgan fingerprint density at radius 1 is 1.57 bits per heavy atom. The zero-order valence-corrected chi connectivity index (χ0v) is 12.4. The fraction of sp³-hybridized carbons (Fsp3) is 0.615. The van der Waals surface area contributed by atoms with Crippen molar-refractivity contribution in [3.63, 3.8) is 0 Å². The van der Waals surface area contributed by atoms with Gasteiger partial charge < -0.3 is 20.4 Å². The van der Waals surface area contributed by atoms with Crippen LogP contribution in [0.1, 0.15) is 18.7 Å². The molecule has 0 aliphatic carbocycles. The molecule has 116 valence electrons. The van der Waals surface area contributed by atoms with Gasteiger partial charge in [0.15, 0.2) is 5.82 Å². The number of nitrogen functional groups attached to an aromatic ring is 1. The Kier molecular flexibility index (Phi) is 5.29. The van der Waals surface area contributed by atoms with Gasteiger partial charge in [-0.1, -0.05) is 0 Å². The van der Waals surface area contributed by atoms with Crippen LogP contribution in [0, 0.1) is 5.92 Å². The van der Waals surface area contributed by atoms with Crippen LogP contribution in [0.15, 0.2) is 6.07 Å². The first-order valence-corrected chi connectivity index (χ1v) is 6.98. The maximum atomic E-state index is 11.8. The Bertz CT molecular complexity index is 496. The number of anilines is 2. The molecule has 0 radical (unpaired) electrons. The van der Waals surface area contributed by atoms with Crippen molar-refractivity contribution in [2.75, 3.05) is 37.6 Å². The molecule has 8 heteroatoms. The lowest BCUT2D eigenvalue weighted by Gasteiger charge is -2.32. The van der Waals surface area contributed by atoms with Crippen molar-refractivity contribution in [3.8, 4) is 0 Å². The molecule has 21 heavy (non-hydrogen) atoms. The molecule has 1 saturated heterocycles. The van der Waals surface area contributed by atoms with Gasteiger partial charge in [0.05, 0.1) is 5.92 Å². The zero-order chi connectivity index (χ0) is 15.2. The molecule has 0 bridgehead atoms. The number of rotatable bonds is 5. The molecule has 0 spiro atoms. The van der Waals surface area contributed by atoms with E-state index in [1.54, 1.807) is 20.2 Å².